The molecule has 0 saturated heterocycles. The van der Waals surface area contributed by atoms with Crippen LogP contribution in [0.15, 0.2) is 41.3 Å². The summed E-state index contributed by atoms with van der Waals surface area (Å²) in [5, 5.41) is 10.3. The smallest absolute Gasteiger partial charge is 0.337 e. The van der Waals surface area contributed by atoms with Crippen molar-refractivity contribution < 1.29 is 14.6 Å². The third kappa shape index (κ3) is 2.49. The highest BCUT2D eigenvalue weighted by molar-refractivity contribution is 9.10. The minimum atomic E-state index is -0.420. The molecule has 2 heterocycles. The molecule has 6 nitrogen and oxygen atoms in total. The Bertz CT molecular complexity index is 843. The molecule has 112 valence electrons. The van der Waals surface area contributed by atoms with E-state index in [0.717, 1.165) is 20.9 Å². The fraction of sp³-hybridized carbons (Fsp3) is 0.133. The lowest BCUT2D eigenvalue weighted by atomic mass is 10.1. The van der Waals surface area contributed by atoms with E-state index in [4.69, 9.17) is 4.74 Å². The molecule has 0 radical (unpaired) electrons. The van der Waals surface area contributed by atoms with Crippen LogP contribution in [0.25, 0.3) is 16.9 Å². The van der Waals surface area contributed by atoms with Gasteiger partial charge in [0.2, 0.25) is 5.95 Å². The normalized spacial score (nSPS) is 10.9. The molecule has 22 heavy (non-hydrogen) atoms. The summed E-state index contributed by atoms with van der Waals surface area (Å²) in [4.78, 5) is 20.2. The van der Waals surface area contributed by atoms with Crippen LogP contribution in [-0.4, -0.2) is 32.7 Å². The fourth-order valence-electron chi connectivity index (χ4n) is 2.26. The highest BCUT2D eigenvalue weighted by Gasteiger charge is 2.14. The quantitative estimate of drug-likeness (QED) is 0.725. The standard InChI is InChI=1S/C15H12BrN3O3/c1-22-14(21)9-2-3-12-10(8-20)7-19(13(12)4-9)15-17-5-11(16)6-18-15/h2-7,20H,8H2,1H3. The molecule has 0 aliphatic carbocycles. The van der Waals surface area contributed by atoms with Crippen molar-refractivity contribution in [2.24, 2.45) is 0 Å². The summed E-state index contributed by atoms with van der Waals surface area (Å²) in [6.45, 7) is -0.113. The van der Waals surface area contributed by atoms with E-state index in [2.05, 4.69) is 25.9 Å². The Morgan fingerprint density at radius 2 is 2.09 bits per heavy atom. The van der Waals surface area contributed by atoms with Gasteiger partial charge >= 0.3 is 5.97 Å². The zero-order valence-corrected chi connectivity index (χ0v) is 13.2. The predicted molar refractivity (Wildman–Crippen MR) is 83.8 cm³/mol. The first-order valence-electron chi connectivity index (χ1n) is 6.45. The highest BCUT2D eigenvalue weighted by atomic mass is 79.9. The first-order valence-corrected chi connectivity index (χ1v) is 7.24. The lowest BCUT2D eigenvalue weighted by Gasteiger charge is -2.04. The predicted octanol–water partition coefficient (Wildman–Crippen LogP) is 2.46. The van der Waals surface area contributed by atoms with Gasteiger partial charge in [-0.1, -0.05) is 6.07 Å². The largest absolute Gasteiger partial charge is 0.465 e. The molecule has 3 aromatic rings. The van der Waals surface area contributed by atoms with Crippen LogP contribution in [0.1, 0.15) is 15.9 Å². The molecule has 0 atom stereocenters. The monoisotopic (exact) mass is 361 g/mol. The topological polar surface area (TPSA) is 77.2 Å². The lowest BCUT2D eigenvalue weighted by molar-refractivity contribution is 0.0601. The van der Waals surface area contributed by atoms with E-state index in [1.54, 1.807) is 41.4 Å². The summed E-state index contributed by atoms with van der Waals surface area (Å²) in [6, 6.07) is 5.15. The Morgan fingerprint density at radius 1 is 1.36 bits per heavy atom. The third-order valence-electron chi connectivity index (χ3n) is 3.30. The van der Waals surface area contributed by atoms with Gasteiger partial charge in [0.1, 0.15) is 0 Å². The number of carbonyl (C=O) groups is 1. The van der Waals surface area contributed by atoms with E-state index in [1.165, 1.54) is 7.11 Å². The number of hydrogen-bond acceptors (Lipinski definition) is 5. The Balaban J connectivity index is 2.24. The van der Waals surface area contributed by atoms with Crippen LogP contribution >= 0.6 is 15.9 Å². The van der Waals surface area contributed by atoms with Gasteiger partial charge in [-0.25, -0.2) is 14.8 Å². The van der Waals surface area contributed by atoms with Gasteiger partial charge in [-0.2, -0.15) is 0 Å². The van der Waals surface area contributed by atoms with Crippen LogP contribution in [0, 0.1) is 0 Å². The van der Waals surface area contributed by atoms with Crippen LogP contribution in [0.2, 0.25) is 0 Å². The molecule has 7 heteroatoms. The number of benzene rings is 1. The van der Waals surface area contributed by atoms with Crippen molar-refractivity contribution in [3.8, 4) is 5.95 Å². The summed E-state index contributed by atoms with van der Waals surface area (Å²) < 4.78 is 7.25. The number of carbonyl (C=O) groups excluding carboxylic acids is 1. The summed E-state index contributed by atoms with van der Waals surface area (Å²) in [7, 11) is 1.34. The maximum atomic E-state index is 11.7. The van der Waals surface area contributed by atoms with Crippen molar-refractivity contribution in [1.82, 2.24) is 14.5 Å². The molecule has 0 amide bonds. The molecule has 0 unspecified atom stereocenters. The van der Waals surface area contributed by atoms with Crippen LogP contribution in [0.4, 0.5) is 0 Å². The van der Waals surface area contributed by atoms with Crippen molar-refractivity contribution in [3.05, 3.63) is 52.4 Å². The Morgan fingerprint density at radius 3 is 2.73 bits per heavy atom. The minimum Gasteiger partial charge on any atom is -0.465 e. The molecule has 0 bridgehead atoms. The molecule has 1 aromatic carbocycles. The van der Waals surface area contributed by atoms with E-state index in [-0.39, 0.29) is 6.61 Å². The number of methoxy groups -OCH3 is 1. The van der Waals surface area contributed by atoms with Crippen molar-refractivity contribution in [2.75, 3.05) is 7.11 Å². The van der Waals surface area contributed by atoms with E-state index in [1.807, 2.05) is 0 Å². The lowest BCUT2D eigenvalue weighted by Crippen LogP contribution is -2.02. The van der Waals surface area contributed by atoms with Gasteiger partial charge in [0.25, 0.3) is 0 Å². The number of halogens is 1. The van der Waals surface area contributed by atoms with E-state index < -0.39 is 5.97 Å². The van der Waals surface area contributed by atoms with Crippen molar-refractivity contribution in [3.63, 3.8) is 0 Å². The summed E-state index contributed by atoms with van der Waals surface area (Å²) in [5.41, 5.74) is 1.89. The highest BCUT2D eigenvalue weighted by Crippen LogP contribution is 2.25. The number of aliphatic hydroxyl groups is 1. The fourth-order valence-corrected chi connectivity index (χ4v) is 2.47. The Kier molecular flexibility index (Phi) is 3.91. The van der Waals surface area contributed by atoms with Gasteiger partial charge in [-0.05, 0) is 28.1 Å². The molecule has 0 saturated carbocycles. The number of aromatic nitrogens is 3. The Labute approximate surface area is 134 Å². The molecule has 0 aliphatic rings. The Hall–Kier alpha value is -2.25. The second-order valence-corrected chi connectivity index (χ2v) is 5.52. The zero-order chi connectivity index (χ0) is 15.7. The molecule has 0 fully saturated rings. The maximum Gasteiger partial charge on any atom is 0.337 e. The molecular formula is C15H12BrN3O3. The number of aliphatic hydroxyl groups excluding tert-OH is 1. The summed E-state index contributed by atoms with van der Waals surface area (Å²) in [6.07, 6.45) is 5.03. The van der Waals surface area contributed by atoms with E-state index in [9.17, 15) is 9.90 Å². The van der Waals surface area contributed by atoms with Gasteiger partial charge in [-0.3, -0.25) is 4.57 Å². The van der Waals surface area contributed by atoms with Crippen LogP contribution in [-0.2, 0) is 11.3 Å². The van der Waals surface area contributed by atoms with Crippen LogP contribution in [0.5, 0.6) is 0 Å². The number of rotatable bonds is 3. The van der Waals surface area contributed by atoms with Gasteiger partial charge in [0.05, 0.1) is 29.3 Å². The van der Waals surface area contributed by atoms with Gasteiger partial charge < -0.3 is 9.84 Å². The SMILES string of the molecule is COC(=O)c1ccc2c(CO)cn(-c3ncc(Br)cn3)c2c1. The van der Waals surface area contributed by atoms with Gasteiger partial charge in [0.15, 0.2) is 0 Å². The minimum absolute atomic E-state index is 0.113. The first-order chi connectivity index (χ1) is 10.6. The van der Waals surface area contributed by atoms with Crippen molar-refractivity contribution in [1.29, 1.82) is 0 Å². The first kappa shape index (κ1) is 14.7. The summed E-state index contributed by atoms with van der Waals surface area (Å²) in [5.74, 6) is 0.0341. The molecule has 2 aromatic heterocycles. The van der Waals surface area contributed by atoms with Gasteiger partial charge in [-0.15, -0.1) is 0 Å². The number of esters is 1. The molecule has 0 aliphatic heterocycles. The van der Waals surface area contributed by atoms with E-state index in [0.29, 0.717) is 11.5 Å². The van der Waals surface area contributed by atoms with Crippen molar-refractivity contribution >= 4 is 32.8 Å². The number of nitrogens with zero attached hydrogens (tertiary/aromatic N) is 3. The molecule has 0 spiro atoms. The zero-order valence-electron chi connectivity index (χ0n) is 11.7. The molecular weight excluding hydrogens is 350 g/mol. The second kappa shape index (κ2) is 5.86. The molecule has 1 N–H and O–H groups in total. The summed E-state index contributed by atoms with van der Waals surface area (Å²) >= 11 is 3.29. The third-order valence-corrected chi connectivity index (χ3v) is 3.71. The number of fused-ring (bicyclic) bond motifs is 1. The second-order valence-electron chi connectivity index (χ2n) is 4.61. The average molecular weight is 362 g/mol. The number of hydrogen-bond donors (Lipinski definition) is 1. The maximum absolute atomic E-state index is 11.7. The van der Waals surface area contributed by atoms with Gasteiger partial charge in [0, 0.05) is 29.5 Å². The van der Waals surface area contributed by atoms with E-state index >= 15 is 0 Å². The van der Waals surface area contributed by atoms with Crippen molar-refractivity contribution in [2.45, 2.75) is 6.61 Å². The number of ether oxygens (including phenoxy) is 1. The van der Waals surface area contributed by atoms with Crippen LogP contribution < -0.4 is 0 Å². The molecule has 3 rings (SSSR count). The van der Waals surface area contributed by atoms with Crippen LogP contribution in [0.3, 0.4) is 0 Å². The average Bonchev–Trinajstić information content (AvgIpc) is 2.92.